The monoisotopic (exact) mass is 480 g/mol. The van der Waals surface area contributed by atoms with Crippen molar-refractivity contribution in [3.05, 3.63) is 94.0 Å². The minimum atomic E-state index is -3.54. The second-order valence-corrected chi connectivity index (χ2v) is 10.3. The molecule has 0 amide bonds. The summed E-state index contributed by atoms with van der Waals surface area (Å²) in [5.41, 5.74) is 3.49. The van der Waals surface area contributed by atoms with Crippen molar-refractivity contribution in [3.63, 3.8) is 0 Å². The highest BCUT2D eigenvalue weighted by Crippen LogP contribution is 2.30. The Bertz CT molecular complexity index is 1240. The molecule has 1 heterocycles. The third-order valence-corrected chi connectivity index (χ3v) is 7.92. The number of hydrogen-bond acceptors (Lipinski definition) is 6. The van der Waals surface area contributed by atoms with Gasteiger partial charge in [-0.25, -0.2) is 8.42 Å². The molecule has 1 aliphatic rings. The molecule has 0 radical (unpaired) electrons. The quantitative estimate of drug-likeness (QED) is 0.386. The van der Waals surface area contributed by atoms with Crippen LogP contribution in [0.1, 0.15) is 11.1 Å². The highest BCUT2D eigenvalue weighted by molar-refractivity contribution is 7.89. The van der Waals surface area contributed by atoms with Gasteiger partial charge in [0.1, 0.15) is 5.69 Å². The SMILES string of the molecule is Cc1ccc(S(=O)(=O)N2CCN(c3ccc([N+](=O)[O-])c(NCCc4ccccc4)c3)CC2)cc1. The third kappa shape index (κ3) is 5.37. The van der Waals surface area contributed by atoms with E-state index in [0.717, 1.165) is 23.2 Å². The zero-order chi connectivity index (χ0) is 24.1. The minimum absolute atomic E-state index is 0.0254. The number of rotatable bonds is 8. The van der Waals surface area contributed by atoms with Gasteiger partial charge in [-0.3, -0.25) is 10.1 Å². The predicted octanol–water partition coefficient (Wildman–Crippen LogP) is 4.07. The average Bonchev–Trinajstić information content (AvgIpc) is 2.85. The molecule has 0 saturated carbocycles. The minimum Gasteiger partial charge on any atom is -0.379 e. The fourth-order valence-electron chi connectivity index (χ4n) is 4.05. The van der Waals surface area contributed by atoms with E-state index in [9.17, 15) is 18.5 Å². The molecule has 0 atom stereocenters. The lowest BCUT2D eigenvalue weighted by atomic mass is 10.1. The predicted molar refractivity (Wildman–Crippen MR) is 134 cm³/mol. The Kier molecular flexibility index (Phi) is 7.14. The lowest BCUT2D eigenvalue weighted by Crippen LogP contribution is -2.48. The first-order valence-corrected chi connectivity index (χ1v) is 12.7. The Balaban J connectivity index is 1.43. The van der Waals surface area contributed by atoms with Crippen LogP contribution in [-0.4, -0.2) is 50.4 Å². The van der Waals surface area contributed by atoms with Crippen molar-refractivity contribution >= 4 is 27.1 Å². The largest absolute Gasteiger partial charge is 0.379 e. The maximum absolute atomic E-state index is 13.0. The van der Waals surface area contributed by atoms with E-state index in [1.807, 2.05) is 37.3 Å². The van der Waals surface area contributed by atoms with Crippen molar-refractivity contribution < 1.29 is 13.3 Å². The maximum atomic E-state index is 13.0. The Hall–Kier alpha value is -3.43. The Morgan fingerprint density at radius 1 is 0.941 bits per heavy atom. The first-order chi connectivity index (χ1) is 16.3. The summed E-state index contributed by atoms with van der Waals surface area (Å²) in [5.74, 6) is 0. The second kappa shape index (κ2) is 10.2. The van der Waals surface area contributed by atoms with Crippen LogP contribution in [0.3, 0.4) is 0 Å². The number of hydrogen-bond donors (Lipinski definition) is 1. The van der Waals surface area contributed by atoms with Gasteiger partial charge in [0, 0.05) is 44.5 Å². The smallest absolute Gasteiger partial charge is 0.292 e. The maximum Gasteiger partial charge on any atom is 0.292 e. The van der Waals surface area contributed by atoms with Gasteiger partial charge in [-0.15, -0.1) is 0 Å². The van der Waals surface area contributed by atoms with Crippen LogP contribution >= 0.6 is 0 Å². The molecule has 0 aromatic heterocycles. The molecular formula is C25H28N4O4S. The molecule has 34 heavy (non-hydrogen) atoms. The fourth-order valence-corrected chi connectivity index (χ4v) is 5.48. The number of nitrogens with one attached hydrogen (secondary N) is 1. The molecule has 3 aromatic carbocycles. The molecule has 0 aliphatic carbocycles. The summed E-state index contributed by atoms with van der Waals surface area (Å²) < 4.78 is 27.4. The zero-order valence-corrected chi connectivity index (χ0v) is 19.9. The van der Waals surface area contributed by atoms with E-state index in [2.05, 4.69) is 10.2 Å². The highest BCUT2D eigenvalue weighted by Gasteiger charge is 2.29. The van der Waals surface area contributed by atoms with Crippen molar-refractivity contribution in [1.82, 2.24) is 4.31 Å². The summed E-state index contributed by atoms with van der Waals surface area (Å²) in [6.07, 6.45) is 0.748. The van der Waals surface area contributed by atoms with E-state index in [1.165, 1.54) is 10.4 Å². The summed E-state index contributed by atoms with van der Waals surface area (Å²) in [6.45, 7) is 4.20. The molecule has 0 bridgehead atoms. The van der Waals surface area contributed by atoms with Gasteiger partial charge in [-0.05, 0) is 43.2 Å². The van der Waals surface area contributed by atoms with E-state index in [4.69, 9.17) is 0 Å². The molecule has 1 fully saturated rings. The number of aryl methyl sites for hydroxylation is 1. The van der Waals surface area contributed by atoms with Crippen molar-refractivity contribution in [2.24, 2.45) is 0 Å². The molecule has 1 saturated heterocycles. The topological polar surface area (TPSA) is 95.8 Å². The molecular weight excluding hydrogens is 452 g/mol. The van der Waals surface area contributed by atoms with Gasteiger partial charge >= 0.3 is 0 Å². The van der Waals surface area contributed by atoms with Crippen LogP contribution in [0.2, 0.25) is 0 Å². The molecule has 178 valence electrons. The van der Waals surface area contributed by atoms with Crippen LogP contribution in [-0.2, 0) is 16.4 Å². The fraction of sp³-hybridized carbons (Fsp3) is 0.280. The molecule has 8 nitrogen and oxygen atoms in total. The average molecular weight is 481 g/mol. The number of anilines is 2. The van der Waals surface area contributed by atoms with Crippen molar-refractivity contribution in [3.8, 4) is 0 Å². The van der Waals surface area contributed by atoms with Crippen LogP contribution in [0.25, 0.3) is 0 Å². The summed E-state index contributed by atoms with van der Waals surface area (Å²) in [7, 11) is -3.54. The van der Waals surface area contributed by atoms with Gasteiger partial charge in [-0.2, -0.15) is 4.31 Å². The summed E-state index contributed by atoms with van der Waals surface area (Å²) >= 11 is 0. The summed E-state index contributed by atoms with van der Waals surface area (Å²) in [4.78, 5) is 13.5. The first kappa shape index (κ1) is 23.7. The number of benzene rings is 3. The summed E-state index contributed by atoms with van der Waals surface area (Å²) in [6, 6.07) is 21.8. The van der Waals surface area contributed by atoms with Crippen molar-refractivity contribution in [1.29, 1.82) is 0 Å². The molecule has 0 unspecified atom stereocenters. The van der Waals surface area contributed by atoms with E-state index < -0.39 is 10.0 Å². The standard InChI is InChI=1S/C25H28N4O4S/c1-20-7-10-23(11-8-20)34(32,33)28-17-15-27(16-18-28)22-9-12-25(29(30)31)24(19-22)26-14-13-21-5-3-2-4-6-21/h2-12,19,26H,13-18H2,1H3. The van der Waals surface area contributed by atoms with E-state index >= 15 is 0 Å². The normalized spacial score (nSPS) is 14.7. The Morgan fingerprint density at radius 2 is 1.62 bits per heavy atom. The number of piperazine rings is 1. The lowest BCUT2D eigenvalue weighted by Gasteiger charge is -2.35. The van der Waals surface area contributed by atoms with Crippen LogP contribution < -0.4 is 10.2 Å². The lowest BCUT2D eigenvalue weighted by molar-refractivity contribution is -0.383. The van der Waals surface area contributed by atoms with Gasteiger partial charge in [-0.1, -0.05) is 48.0 Å². The van der Waals surface area contributed by atoms with E-state index in [1.54, 1.807) is 36.4 Å². The van der Waals surface area contributed by atoms with Crippen LogP contribution in [0, 0.1) is 17.0 Å². The van der Waals surface area contributed by atoms with Crippen molar-refractivity contribution in [2.45, 2.75) is 18.2 Å². The van der Waals surface area contributed by atoms with Crippen LogP contribution in [0.4, 0.5) is 17.1 Å². The van der Waals surface area contributed by atoms with Gasteiger partial charge in [0.05, 0.1) is 9.82 Å². The second-order valence-electron chi connectivity index (χ2n) is 8.33. The third-order valence-electron chi connectivity index (χ3n) is 6.01. The number of nitro benzene ring substituents is 1. The van der Waals surface area contributed by atoms with Gasteiger partial charge in [0.15, 0.2) is 0 Å². The molecule has 1 N–H and O–H groups in total. The van der Waals surface area contributed by atoms with Crippen molar-refractivity contribution in [2.75, 3.05) is 42.9 Å². The van der Waals surface area contributed by atoms with Gasteiger partial charge in [0.2, 0.25) is 10.0 Å². The number of nitrogens with zero attached hydrogens (tertiary/aromatic N) is 3. The first-order valence-electron chi connectivity index (χ1n) is 11.2. The Labute approximate surface area is 200 Å². The van der Waals surface area contributed by atoms with E-state index in [-0.39, 0.29) is 10.6 Å². The summed E-state index contributed by atoms with van der Waals surface area (Å²) in [5, 5.41) is 14.7. The molecule has 4 rings (SSSR count). The molecule has 3 aromatic rings. The highest BCUT2D eigenvalue weighted by atomic mass is 32.2. The molecule has 9 heteroatoms. The van der Waals surface area contributed by atoms with Gasteiger partial charge < -0.3 is 10.2 Å². The van der Waals surface area contributed by atoms with Gasteiger partial charge in [0.25, 0.3) is 5.69 Å². The number of sulfonamides is 1. The van der Waals surface area contributed by atoms with Crippen LogP contribution in [0.15, 0.2) is 77.7 Å². The van der Waals surface area contributed by atoms with Crippen LogP contribution in [0.5, 0.6) is 0 Å². The number of nitro groups is 1. The molecule has 0 spiro atoms. The zero-order valence-electron chi connectivity index (χ0n) is 19.1. The molecule has 1 aliphatic heterocycles. The van der Waals surface area contributed by atoms with E-state index in [0.29, 0.717) is 43.3 Å². The Morgan fingerprint density at radius 3 is 2.26 bits per heavy atom.